The number of hydrogen-bond donors (Lipinski definition) is 2. The first-order chi connectivity index (χ1) is 9.98. The smallest absolute Gasteiger partial charge is 0.355 e. The molecular weight excluding hydrogens is 281 g/mol. The number of alkyl halides is 3. The van der Waals surface area contributed by atoms with Crippen molar-refractivity contribution in [2.75, 3.05) is 19.6 Å². The number of carbonyl (C=O) groups excluding carboxylic acids is 1. The van der Waals surface area contributed by atoms with Crippen LogP contribution in [0.25, 0.3) is 0 Å². The summed E-state index contributed by atoms with van der Waals surface area (Å²) >= 11 is 0. The van der Waals surface area contributed by atoms with Crippen molar-refractivity contribution in [3.8, 4) is 0 Å². The summed E-state index contributed by atoms with van der Waals surface area (Å²) in [5, 5.41) is 5.88. The molecule has 1 saturated heterocycles. The summed E-state index contributed by atoms with van der Waals surface area (Å²) in [5.41, 5.74) is -0.411. The van der Waals surface area contributed by atoms with Gasteiger partial charge in [0, 0.05) is 13.1 Å². The van der Waals surface area contributed by atoms with E-state index in [9.17, 15) is 18.0 Å². The van der Waals surface area contributed by atoms with Gasteiger partial charge in [-0.2, -0.15) is 13.2 Å². The van der Waals surface area contributed by atoms with Crippen molar-refractivity contribution in [1.82, 2.24) is 10.6 Å². The fraction of sp³-hybridized carbons (Fsp3) is 0.533. The van der Waals surface area contributed by atoms with Crippen LogP contribution in [-0.2, 0) is 17.4 Å². The van der Waals surface area contributed by atoms with Gasteiger partial charge in [-0.3, -0.25) is 4.79 Å². The maximum atomic E-state index is 12.8. The highest BCUT2D eigenvalue weighted by molar-refractivity contribution is 5.78. The molecule has 116 valence electrons. The molecule has 0 aromatic heterocycles. The fourth-order valence-electron chi connectivity index (χ4n) is 2.56. The Morgan fingerprint density at radius 3 is 2.76 bits per heavy atom. The normalized spacial score (nSPS) is 19.3. The Hall–Kier alpha value is -1.56. The predicted octanol–water partition coefficient (Wildman–Crippen LogP) is 2.36. The lowest BCUT2D eigenvalue weighted by atomic mass is 9.98. The van der Waals surface area contributed by atoms with Crippen molar-refractivity contribution < 1.29 is 18.0 Å². The molecule has 2 N–H and O–H groups in total. The molecule has 0 unspecified atom stereocenters. The molecule has 0 saturated carbocycles. The molecule has 6 heteroatoms. The minimum absolute atomic E-state index is 0.0726. The van der Waals surface area contributed by atoms with Gasteiger partial charge in [0.1, 0.15) is 0 Å². The Morgan fingerprint density at radius 2 is 2.10 bits per heavy atom. The number of benzene rings is 1. The van der Waals surface area contributed by atoms with E-state index in [1.54, 1.807) is 6.07 Å². The molecule has 0 bridgehead atoms. The van der Waals surface area contributed by atoms with Gasteiger partial charge >= 0.3 is 6.18 Å². The summed E-state index contributed by atoms with van der Waals surface area (Å²) < 4.78 is 38.5. The van der Waals surface area contributed by atoms with E-state index in [1.165, 1.54) is 12.1 Å². The summed E-state index contributed by atoms with van der Waals surface area (Å²) in [6.07, 6.45) is -2.39. The van der Waals surface area contributed by atoms with Gasteiger partial charge < -0.3 is 10.6 Å². The number of carbonyl (C=O) groups is 1. The van der Waals surface area contributed by atoms with Gasteiger partial charge in [0.2, 0.25) is 5.91 Å². The lowest BCUT2D eigenvalue weighted by Crippen LogP contribution is -2.41. The average molecular weight is 300 g/mol. The molecule has 1 heterocycles. The number of amides is 1. The molecule has 1 aliphatic rings. The summed E-state index contributed by atoms with van der Waals surface area (Å²) in [4.78, 5) is 11.9. The molecule has 1 atom stereocenters. The van der Waals surface area contributed by atoms with Crippen molar-refractivity contribution in [3.05, 3.63) is 35.4 Å². The summed E-state index contributed by atoms with van der Waals surface area (Å²) in [6.45, 7) is 1.79. The summed E-state index contributed by atoms with van der Waals surface area (Å²) in [7, 11) is 0. The number of hydrogen-bond acceptors (Lipinski definition) is 2. The molecule has 21 heavy (non-hydrogen) atoms. The standard InChI is InChI=1S/C15H19F3N2O/c16-15(17,18)13-6-2-1-4-11(13)7-9-20-14(21)12-5-3-8-19-10-12/h1-2,4,6,12,19H,3,5,7-10H2,(H,20,21)/t12-/m1/s1. The van der Waals surface area contributed by atoms with Crippen molar-refractivity contribution in [1.29, 1.82) is 0 Å². The molecule has 0 radical (unpaired) electrons. The zero-order chi connectivity index (χ0) is 15.3. The van der Waals surface area contributed by atoms with E-state index in [0.29, 0.717) is 6.54 Å². The third-order valence-electron chi connectivity index (χ3n) is 3.68. The number of rotatable bonds is 4. The van der Waals surface area contributed by atoms with Crippen LogP contribution in [0.2, 0.25) is 0 Å². The second kappa shape index (κ2) is 6.93. The quantitative estimate of drug-likeness (QED) is 0.896. The zero-order valence-corrected chi connectivity index (χ0v) is 11.7. The molecule has 1 aromatic carbocycles. The third-order valence-corrected chi connectivity index (χ3v) is 3.68. The maximum Gasteiger partial charge on any atom is 0.416 e. The Kier molecular flexibility index (Phi) is 5.22. The van der Waals surface area contributed by atoms with Crippen LogP contribution in [0.4, 0.5) is 13.2 Å². The third kappa shape index (κ3) is 4.46. The Balaban J connectivity index is 1.87. The Bertz CT molecular complexity index is 482. The Morgan fingerprint density at radius 1 is 1.33 bits per heavy atom. The van der Waals surface area contributed by atoms with Crippen molar-refractivity contribution in [2.24, 2.45) is 5.92 Å². The molecule has 0 spiro atoms. The van der Waals surface area contributed by atoms with Gasteiger partial charge in [-0.25, -0.2) is 0 Å². The first-order valence-electron chi connectivity index (χ1n) is 7.12. The minimum Gasteiger partial charge on any atom is -0.355 e. The second-order valence-electron chi connectivity index (χ2n) is 5.24. The van der Waals surface area contributed by atoms with Gasteiger partial charge in [0.05, 0.1) is 11.5 Å². The summed E-state index contributed by atoms with van der Waals surface area (Å²) in [5.74, 6) is -0.150. The van der Waals surface area contributed by atoms with Crippen LogP contribution in [0.5, 0.6) is 0 Å². The van der Waals surface area contributed by atoms with Crippen LogP contribution < -0.4 is 10.6 Å². The minimum atomic E-state index is -4.35. The number of nitrogens with one attached hydrogen (secondary N) is 2. The van der Waals surface area contributed by atoms with Crippen LogP contribution in [0, 0.1) is 5.92 Å². The van der Waals surface area contributed by atoms with Crippen LogP contribution in [0.15, 0.2) is 24.3 Å². The van der Waals surface area contributed by atoms with E-state index in [0.717, 1.165) is 25.5 Å². The molecule has 1 amide bonds. The van der Waals surface area contributed by atoms with E-state index < -0.39 is 11.7 Å². The summed E-state index contributed by atoms with van der Waals surface area (Å²) in [6, 6.07) is 5.48. The number of piperidine rings is 1. The molecule has 1 aliphatic heterocycles. The maximum absolute atomic E-state index is 12.8. The first-order valence-corrected chi connectivity index (χ1v) is 7.12. The highest BCUT2D eigenvalue weighted by atomic mass is 19.4. The largest absolute Gasteiger partial charge is 0.416 e. The van der Waals surface area contributed by atoms with Gasteiger partial charge in [-0.15, -0.1) is 0 Å². The van der Waals surface area contributed by atoms with E-state index in [4.69, 9.17) is 0 Å². The monoisotopic (exact) mass is 300 g/mol. The zero-order valence-electron chi connectivity index (χ0n) is 11.7. The Labute approximate surface area is 121 Å². The van der Waals surface area contributed by atoms with Gasteiger partial charge in [0.15, 0.2) is 0 Å². The predicted molar refractivity (Wildman–Crippen MR) is 73.8 cm³/mol. The highest BCUT2D eigenvalue weighted by Crippen LogP contribution is 2.31. The highest BCUT2D eigenvalue weighted by Gasteiger charge is 2.32. The van der Waals surface area contributed by atoms with Crippen molar-refractivity contribution in [3.63, 3.8) is 0 Å². The molecule has 0 aliphatic carbocycles. The van der Waals surface area contributed by atoms with Crippen molar-refractivity contribution in [2.45, 2.75) is 25.4 Å². The van der Waals surface area contributed by atoms with E-state index in [1.807, 2.05) is 0 Å². The van der Waals surface area contributed by atoms with Crippen LogP contribution >= 0.6 is 0 Å². The topological polar surface area (TPSA) is 41.1 Å². The number of halogens is 3. The van der Waals surface area contributed by atoms with Crippen LogP contribution in [0.3, 0.4) is 0 Å². The lowest BCUT2D eigenvalue weighted by molar-refractivity contribution is -0.138. The van der Waals surface area contributed by atoms with E-state index in [-0.39, 0.29) is 30.4 Å². The lowest BCUT2D eigenvalue weighted by Gasteiger charge is -2.22. The van der Waals surface area contributed by atoms with Gasteiger partial charge in [-0.1, -0.05) is 18.2 Å². The molecular formula is C15H19F3N2O. The molecule has 3 nitrogen and oxygen atoms in total. The first kappa shape index (κ1) is 15.8. The van der Waals surface area contributed by atoms with Crippen LogP contribution in [-0.4, -0.2) is 25.5 Å². The van der Waals surface area contributed by atoms with Crippen LogP contribution in [0.1, 0.15) is 24.0 Å². The molecule has 2 rings (SSSR count). The fourth-order valence-corrected chi connectivity index (χ4v) is 2.56. The average Bonchev–Trinajstić information content (AvgIpc) is 2.47. The van der Waals surface area contributed by atoms with Gasteiger partial charge in [-0.05, 0) is 37.4 Å². The van der Waals surface area contributed by atoms with Crippen molar-refractivity contribution >= 4 is 5.91 Å². The second-order valence-corrected chi connectivity index (χ2v) is 5.24. The van der Waals surface area contributed by atoms with E-state index >= 15 is 0 Å². The SMILES string of the molecule is O=C(NCCc1ccccc1C(F)(F)F)[C@@H]1CCCNC1. The van der Waals surface area contributed by atoms with E-state index in [2.05, 4.69) is 10.6 Å². The molecule has 1 fully saturated rings. The van der Waals surface area contributed by atoms with Gasteiger partial charge in [0.25, 0.3) is 0 Å². The molecule has 1 aromatic rings.